The standard InChI is InChI=1S/C16H28N2O/c1-13-10-15(14(2)18(13)3)11-17-12-16(19)8-6-4-5-7-9-16/h10,17,19H,4-9,11-12H2,1-3H3. The lowest BCUT2D eigenvalue weighted by molar-refractivity contribution is 0.0250. The van der Waals surface area contributed by atoms with Gasteiger partial charge >= 0.3 is 0 Å². The fraction of sp³-hybridized carbons (Fsp3) is 0.750. The van der Waals surface area contributed by atoms with Gasteiger partial charge in [-0.25, -0.2) is 0 Å². The summed E-state index contributed by atoms with van der Waals surface area (Å²) in [5.41, 5.74) is 3.48. The maximum absolute atomic E-state index is 10.6. The molecule has 1 aromatic heterocycles. The molecule has 0 radical (unpaired) electrons. The highest BCUT2D eigenvalue weighted by Gasteiger charge is 2.27. The predicted molar refractivity (Wildman–Crippen MR) is 79.2 cm³/mol. The zero-order valence-corrected chi connectivity index (χ0v) is 12.6. The molecule has 1 aliphatic carbocycles. The molecule has 0 aliphatic heterocycles. The van der Waals surface area contributed by atoms with Crippen LogP contribution in [0.4, 0.5) is 0 Å². The van der Waals surface area contributed by atoms with Crippen molar-refractivity contribution < 1.29 is 5.11 Å². The van der Waals surface area contributed by atoms with Crippen LogP contribution >= 0.6 is 0 Å². The molecule has 0 atom stereocenters. The van der Waals surface area contributed by atoms with Gasteiger partial charge in [0.05, 0.1) is 5.60 Å². The van der Waals surface area contributed by atoms with Crippen molar-refractivity contribution in [1.82, 2.24) is 9.88 Å². The summed E-state index contributed by atoms with van der Waals surface area (Å²) >= 11 is 0. The summed E-state index contributed by atoms with van der Waals surface area (Å²) in [7, 11) is 2.10. The van der Waals surface area contributed by atoms with Gasteiger partial charge in [0.25, 0.3) is 0 Å². The van der Waals surface area contributed by atoms with Crippen LogP contribution < -0.4 is 5.32 Å². The first-order valence-electron chi connectivity index (χ1n) is 7.57. The molecule has 0 aromatic carbocycles. The van der Waals surface area contributed by atoms with Gasteiger partial charge < -0.3 is 15.0 Å². The number of nitrogens with zero attached hydrogens (tertiary/aromatic N) is 1. The Kier molecular flexibility index (Phi) is 4.69. The Labute approximate surface area is 117 Å². The normalized spacial score (nSPS) is 19.4. The van der Waals surface area contributed by atoms with Crippen LogP contribution in [0.1, 0.15) is 55.5 Å². The third-order valence-corrected chi connectivity index (χ3v) is 4.68. The van der Waals surface area contributed by atoms with Crippen molar-refractivity contribution in [2.75, 3.05) is 6.54 Å². The number of nitrogens with one attached hydrogen (secondary N) is 1. The van der Waals surface area contributed by atoms with Gasteiger partial charge in [-0.2, -0.15) is 0 Å². The molecule has 3 nitrogen and oxygen atoms in total. The molecule has 0 saturated heterocycles. The zero-order valence-electron chi connectivity index (χ0n) is 12.6. The van der Waals surface area contributed by atoms with Crippen molar-refractivity contribution in [2.45, 2.75) is 64.5 Å². The minimum atomic E-state index is -0.478. The van der Waals surface area contributed by atoms with Gasteiger partial charge in [0.15, 0.2) is 0 Å². The SMILES string of the molecule is Cc1cc(CNCC2(O)CCCCCC2)c(C)n1C. The van der Waals surface area contributed by atoms with Crippen molar-refractivity contribution >= 4 is 0 Å². The molecule has 1 fully saturated rings. The number of aliphatic hydroxyl groups is 1. The second kappa shape index (κ2) is 6.10. The quantitative estimate of drug-likeness (QED) is 0.821. The van der Waals surface area contributed by atoms with Crippen LogP contribution in [0.25, 0.3) is 0 Å². The molecule has 1 heterocycles. The molecular weight excluding hydrogens is 236 g/mol. The molecule has 3 heteroatoms. The smallest absolute Gasteiger partial charge is 0.0771 e. The Bertz CT molecular complexity index is 415. The van der Waals surface area contributed by atoms with Crippen molar-refractivity contribution in [3.8, 4) is 0 Å². The lowest BCUT2D eigenvalue weighted by Crippen LogP contribution is -2.39. The van der Waals surface area contributed by atoms with E-state index in [-0.39, 0.29) is 0 Å². The van der Waals surface area contributed by atoms with Crippen LogP contribution in [0, 0.1) is 13.8 Å². The largest absolute Gasteiger partial charge is 0.389 e. The Morgan fingerprint density at radius 2 is 1.84 bits per heavy atom. The van der Waals surface area contributed by atoms with Crippen molar-refractivity contribution in [3.63, 3.8) is 0 Å². The molecule has 1 saturated carbocycles. The van der Waals surface area contributed by atoms with Crippen LogP contribution in [0.15, 0.2) is 6.07 Å². The van der Waals surface area contributed by atoms with Crippen molar-refractivity contribution in [2.24, 2.45) is 7.05 Å². The van der Waals surface area contributed by atoms with Crippen LogP contribution in [-0.2, 0) is 13.6 Å². The van der Waals surface area contributed by atoms with Crippen molar-refractivity contribution in [3.05, 3.63) is 23.0 Å². The fourth-order valence-electron chi connectivity index (χ4n) is 3.11. The monoisotopic (exact) mass is 264 g/mol. The van der Waals surface area contributed by atoms with Crippen LogP contribution in [0.2, 0.25) is 0 Å². The maximum Gasteiger partial charge on any atom is 0.0771 e. The molecule has 0 unspecified atom stereocenters. The summed E-state index contributed by atoms with van der Waals surface area (Å²) in [5.74, 6) is 0. The van der Waals surface area contributed by atoms with E-state index in [1.54, 1.807) is 0 Å². The van der Waals surface area contributed by atoms with Crippen LogP contribution in [0.5, 0.6) is 0 Å². The van der Waals surface area contributed by atoms with E-state index in [0.29, 0.717) is 0 Å². The average molecular weight is 264 g/mol. The molecule has 1 aromatic rings. The van der Waals surface area contributed by atoms with Gasteiger partial charge in [-0.05, 0) is 38.3 Å². The van der Waals surface area contributed by atoms with E-state index in [2.05, 4.69) is 36.8 Å². The third kappa shape index (κ3) is 3.61. The molecule has 19 heavy (non-hydrogen) atoms. The Balaban J connectivity index is 1.87. The van der Waals surface area contributed by atoms with Gasteiger partial charge in [0.2, 0.25) is 0 Å². The molecule has 0 spiro atoms. The number of hydrogen-bond donors (Lipinski definition) is 2. The topological polar surface area (TPSA) is 37.2 Å². The molecule has 0 amide bonds. The van der Waals surface area contributed by atoms with E-state index in [9.17, 15) is 5.11 Å². The van der Waals surface area contributed by atoms with E-state index in [4.69, 9.17) is 0 Å². The lowest BCUT2D eigenvalue weighted by atomic mass is 9.94. The molecule has 108 valence electrons. The molecule has 2 rings (SSSR count). The summed E-state index contributed by atoms with van der Waals surface area (Å²) < 4.78 is 2.22. The maximum atomic E-state index is 10.6. The van der Waals surface area contributed by atoms with E-state index in [1.807, 2.05) is 0 Å². The molecular formula is C16H28N2O. The highest BCUT2D eigenvalue weighted by molar-refractivity contribution is 5.26. The van der Waals surface area contributed by atoms with Gasteiger partial charge in [0.1, 0.15) is 0 Å². The highest BCUT2D eigenvalue weighted by Crippen LogP contribution is 2.26. The van der Waals surface area contributed by atoms with Gasteiger partial charge in [-0.1, -0.05) is 25.7 Å². The van der Waals surface area contributed by atoms with Crippen molar-refractivity contribution in [1.29, 1.82) is 0 Å². The number of rotatable bonds is 4. The van der Waals surface area contributed by atoms with Crippen LogP contribution in [-0.4, -0.2) is 21.8 Å². The first kappa shape index (κ1) is 14.6. The van der Waals surface area contributed by atoms with E-state index >= 15 is 0 Å². The average Bonchev–Trinajstić information content (AvgIpc) is 2.58. The Hall–Kier alpha value is -0.800. The number of hydrogen-bond acceptors (Lipinski definition) is 2. The minimum Gasteiger partial charge on any atom is -0.389 e. The molecule has 1 aliphatic rings. The Morgan fingerprint density at radius 1 is 1.21 bits per heavy atom. The van der Waals surface area contributed by atoms with E-state index in [0.717, 1.165) is 25.9 Å². The molecule has 2 N–H and O–H groups in total. The van der Waals surface area contributed by atoms with Gasteiger partial charge in [-0.15, -0.1) is 0 Å². The van der Waals surface area contributed by atoms with E-state index in [1.165, 1.54) is 42.6 Å². The summed E-state index contributed by atoms with van der Waals surface area (Å²) in [6.45, 7) is 5.87. The fourth-order valence-corrected chi connectivity index (χ4v) is 3.11. The summed E-state index contributed by atoms with van der Waals surface area (Å²) in [5, 5.41) is 14.0. The summed E-state index contributed by atoms with van der Waals surface area (Å²) in [4.78, 5) is 0. The minimum absolute atomic E-state index is 0.478. The first-order valence-corrected chi connectivity index (χ1v) is 7.57. The summed E-state index contributed by atoms with van der Waals surface area (Å²) in [6.07, 6.45) is 6.79. The second-order valence-corrected chi connectivity index (χ2v) is 6.20. The van der Waals surface area contributed by atoms with E-state index < -0.39 is 5.60 Å². The van der Waals surface area contributed by atoms with Gasteiger partial charge in [0, 0.05) is 31.5 Å². The van der Waals surface area contributed by atoms with Crippen LogP contribution in [0.3, 0.4) is 0 Å². The molecule has 0 bridgehead atoms. The summed E-state index contributed by atoms with van der Waals surface area (Å²) in [6, 6.07) is 2.24. The Morgan fingerprint density at radius 3 is 2.37 bits per heavy atom. The second-order valence-electron chi connectivity index (χ2n) is 6.20. The zero-order chi connectivity index (χ0) is 13.9. The number of aromatic nitrogens is 1. The van der Waals surface area contributed by atoms with Gasteiger partial charge in [-0.3, -0.25) is 0 Å². The number of aryl methyl sites for hydroxylation is 1. The predicted octanol–water partition coefficient (Wildman–Crippen LogP) is 2.82. The lowest BCUT2D eigenvalue weighted by Gasteiger charge is -2.27. The third-order valence-electron chi connectivity index (χ3n) is 4.68. The first-order chi connectivity index (χ1) is 9.02. The highest BCUT2D eigenvalue weighted by atomic mass is 16.3.